The normalized spacial score (nSPS) is 10.1. The molecule has 0 aromatic heterocycles. The van der Waals surface area contributed by atoms with Gasteiger partial charge < -0.3 is 16.0 Å². The lowest BCUT2D eigenvalue weighted by Gasteiger charge is -2.21. The fourth-order valence-electron chi connectivity index (χ4n) is 1.80. The maximum atomic E-state index is 11.5. The average molecular weight is 235 g/mol. The van der Waals surface area contributed by atoms with Gasteiger partial charge in [-0.2, -0.15) is 0 Å². The van der Waals surface area contributed by atoms with Crippen LogP contribution in [-0.2, 0) is 11.3 Å². The van der Waals surface area contributed by atoms with E-state index in [9.17, 15) is 4.79 Å². The van der Waals surface area contributed by atoms with Crippen LogP contribution in [0, 0.1) is 6.92 Å². The van der Waals surface area contributed by atoms with Crippen LogP contribution in [-0.4, -0.2) is 26.0 Å². The largest absolute Gasteiger partial charge is 0.365 e. The minimum absolute atomic E-state index is 0.0264. The topological polar surface area (TPSA) is 58.4 Å². The highest BCUT2D eigenvalue weighted by molar-refractivity contribution is 5.81. The molecule has 0 atom stereocenters. The fourth-order valence-corrected chi connectivity index (χ4v) is 1.80. The Morgan fingerprint density at radius 1 is 1.47 bits per heavy atom. The van der Waals surface area contributed by atoms with E-state index >= 15 is 0 Å². The molecule has 1 aromatic carbocycles. The molecule has 0 saturated carbocycles. The van der Waals surface area contributed by atoms with Crippen molar-refractivity contribution in [1.29, 1.82) is 0 Å². The average Bonchev–Trinajstić information content (AvgIpc) is 2.28. The quantitative estimate of drug-likeness (QED) is 0.801. The molecule has 0 fully saturated rings. The molecule has 0 spiro atoms. The molecular weight excluding hydrogens is 214 g/mol. The molecule has 0 unspecified atom stereocenters. The molecule has 1 aromatic rings. The number of rotatable bonds is 5. The fraction of sp³-hybridized carbons (Fsp3) is 0.462. The number of nitrogens with two attached hydrogens (primary N) is 1. The lowest BCUT2D eigenvalue weighted by atomic mass is 10.1. The lowest BCUT2D eigenvalue weighted by Crippen LogP contribution is -2.35. The first-order chi connectivity index (χ1) is 8.08. The molecule has 0 aliphatic heterocycles. The zero-order valence-electron chi connectivity index (χ0n) is 10.8. The molecule has 0 aliphatic rings. The summed E-state index contributed by atoms with van der Waals surface area (Å²) in [6.45, 7) is 5.44. The van der Waals surface area contributed by atoms with Crippen molar-refractivity contribution in [3.63, 3.8) is 0 Å². The summed E-state index contributed by atoms with van der Waals surface area (Å²) in [5.74, 6) is 0.0264. The van der Waals surface area contributed by atoms with Crippen LogP contribution in [0.1, 0.15) is 18.1 Å². The molecule has 1 rings (SSSR count). The molecule has 17 heavy (non-hydrogen) atoms. The number of nitrogens with zero attached hydrogens (tertiary/aromatic N) is 1. The number of amides is 1. The molecule has 0 radical (unpaired) electrons. The SMILES string of the molecule is CCNC(=O)CN(C)c1ccc(C)cc1CN. The zero-order chi connectivity index (χ0) is 12.8. The van der Waals surface area contributed by atoms with Gasteiger partial charge in [-0.05, 0) is 25.5 Å². The predicted octanol–water partition coefficient (Wildman–Crippen LogP) is 1.03. The standard InChI is InChI=1S/C13H21N3O/c1-4-15-13(17)9-16(3)12-6-5-10(2)7-11(12)8-14/h5-7H,4,8-9,14H2,1-3H3,(H,15,17). The van der Waals surface area contributed by atoms with Crippen LogP contribution in [0.3, 0.4) is 0 Å². The third kappa shape index (κ3) is 3.75. The molecule has 4 nitrogen and oxygen atoms in total. The van der Waals surface area contributed by atoms with Crippen LogP contribution >= 0.6 is 0 Å². The van der Waals surface area contributed by atoms with Gasteiger partial charge in [0.1, 0.15) is 0 Å². The van der Waals surface area contributed by atoms with E-state index in [1.54, 1.807) is 0 Å². The maximum Gasteiger partial charge on any atom is 0.239 e. The number of benzene rings is 1. The number of hydrogen-bond acceptors (Lipinski definition) is 3. The number of nitrogens with one attached hydrogen (secondary N) is 1. The van der Waals surface area contributed by atoms with Gasteiger partial charge in [0.05, 0.1) is 6.54 Å². The van der Waals surface area contributed by atoms with Crippen LogP contribution in [0.2, 0.25) is 0 Å². The summed E-state index contributed by atoms with van der Waals surface area (Å²) in [6, 6.07) is 6.10. The lowest BCUT2D eigenvalue weighted by molar-refractivity contribution is -0.119. The van der Waals surface area contributed by atoms with Crippen molar-refractivity contribution >= 4 is 11.6 Å². The molecule has 4 heteroatoms. The number of anilines is 1. The molecular formula is C13H21N3O. The van der Waals surface area contributed by atoms with Crippen LogP contribution < -0.4 is 16.0 Å². The van der Waals surface area contributed by atoms with Gasteiger partial charge in [0.15, 0.2) is 0 Å². The van der Waals surface area contributed by atoms with Crippen molar-refractivity contribution < 1.29 is 4.79 Å². The van der Waals surface area contributed by atoms with E-state index in [1.807, 2.05) is 37.9 Å². The summed E-state index contributed by atoms with van der Waals surface area (Å²) in [4.78, 5) is 13.4. The monoisotopic (exact) mass is 235 g/mol. The van der Waals surface area contributed by atoms with Gasteiger partial charge in [-0.1, -0.05) is 17.7 Å². The molecule has 3 N–H and O–H groups in total. The second-order valence-electron chi connectivity index (χ2n) is 4.15. The van der Waals surface area contributed by atoms with Gasteiger partial charge in [0, 0.05) is 25.8 Å². The van der Waals surface area contributed by atoms with E-state index < -0.39 is 0 Å². The summed E-state index contributed by atoms with van der Waals surface area (Å²) in [5, 5.41) is 2.78. The van der Waals surface area contributed by atoms with Crippen LogP contribution in [0.15, 0.2) is 18.2 Å². The van der Waals surface area contributed by atoms with E-state index in [0.29, 0.717) is 19.6 Å². The van der Waals surface area contributed by atoms with Crippen LogP contribution in [0.25, 0.3) is 0 Å². The maximum absolute atomic E-state index is 11.5. The Hall–Kier alpha value is -1.55. The zero-order valence-corrected chi connectivity index (χ0v) is 10.8. The van der Waals surface area contributed by atoms with Gasteiger partial charge >= 0.3 is 0 Å². The Bertz CT molecular complexity index is 390. The predicted molar refractivity (Wildman–Crippen MR) is 71.0 cm³/mol. The van der Waals surface area contributed by atoms with Crippen LogP contribution in [0.4, 0.5) is 5.69 Å². The second-order valence-corrected chi connectivity index (χ2v) is 4.15. The molecule has 0 heterocycles. The minimum Gasteiger partial charge on any atom is -0.365 e. The molecule has 94 valence electrons. The summed E-state index contributed by atoms with van der Waals surface area (Å²) < 4.78 is 0. The van der Waals surface area contributed by atoms with Gasteiger partial charge in [-0.3, -0.25) is 4.79 Å². The third-order valence-corrected chi connectivity index (χ3v) is 2.62. The minimum atomic E-state index is 0.0264. The Labute approximate surface area is 103 Å². The van der Waals surface area contributed by atoms with Crippen molar-refractivity contribution in [2.75, 3.05) is 25.0 Å². The Balaban J connectivity index is 2.81. The Morgan fingerprint density at radius 2 is 2.18 bits per heavy atom. The third-order valence-electron chi connectivity index (χ3n) is 2.62. The number of carbonyl (C=O) groups excluding carboxylic acids is 1. The van der Waals surface area contributed by atoms with Crippen molar-refractivity contribution in [3.8, 4) is 0 Å². The smallest absolute Gasteiger partial charge is 0.239 e. The Morgan fingerprint density at radius 3 is 2.76 bits per heavy atom. The number of likely N-dealkylation sites (N-methyl/N-ethyl adjacent to an activating group) is 2. The van der Waals surface area contributed by atoms with Crippen molar-refractivity contribution in [2.24, 2.45) is 5.73 Å². The van der Waals surface area contributed by atoms with E-state index in [-0.39, 0.29) is 5.91 Å². The summed E-state index contributed by atoms with van der Waals surface area (Å²) in [6.07, 6.45) is 0. The number of carbonyl (C=O) groups is 1. The highest BCUT2D eigenvalue weighted by Gasteiger charge is 2.10. The number of hydrogen-bond donors (Lipinski definition) is 2. The van der Waals surface area contributed by atoms with E-state index in [4.69, 9.17) is 5.73 Å². The van der Waals surface area contributed by atoms with Crippen molar-refractivity contribution in [2.45, 2.75) is 20.4 Å². The van der Waals surface area contributed by atoms with E-state index in [0.717, 1.165) is 11.3 Å². The van der Waals surface area contributed by atoms with Gasteiger partial charge in [0.2, 0.25) is 5.91 Å². The van der Waals surface area contributed by atoms with Gasteiger partial charge in [0.25, 0.3) is 0 Å². The molecule has 0 saturated heterocycles. The summed E-state index contributed by atoms with van der Waals surface area (Å²) in [7, 11) is 1.90. The van der Waals surface area contributed by atoms with E-state index in [2.05, 4.69) is 11.4 Å². The molecule has 0 aliphatic carbocycles. The second kappa shape index (κ2) is 6.25. The van der Waals surface area contributed by atoms with Crippen molar-refractivity contribution in [1.82, 2.24) is 5.32 Å². The van der Waals surface area contributed by atoms with Crippen LogP contribution in [0.5, 0.6) is 0 Å². The molecule has 0 bridgehead atoms. The first-order valence-corrected chi connectivity index (χ1v) is 5.86. The van der Waals surface area contributed by atoms with Gasteiger partial charge in [-0.15, -0.1) is 0 Å². The van der Waals surface area contributed by atoms with Gasteiger partial charge in [-0.25, -0.2) is 0 Å². The van der Waals surface area contributed by atoms with E-state index in [1.165, 1.54) is 5.56 Å². The molecule has 1 amide bonds. The first kappa shape index (κ1) is 13.5. The highest BCUT2D eigenvalue weighted by atomic mass is 16.1. The Kier molecular flexibility index (Phi) is 4.97. The number of aryl methyl sites for hydroxylation is 1. The summed E-state index contributed by atoms with van der Waals surface area (Å²) in [5.41, 5.74) is 8.99. The van der Waals surface area contributed by atoms with Crippen molar-refractivity contribution in [3.05, 3.63) is 29.3 Å². The first-order valence-electron chi connectivity index (χ1n) is 5.86. The summed E-state index contributed by atoms with van der Waals surface area (Å²) >= 11 is 0. The highest BCUT2D eigenvalue weighted by Crippen LogP contribution is 2.20.